The summed E-state index contributed by atoms with van der Waals surface area (Å²) in [6.45, 7) is 4.96. The molecule has 0 saturated heterocycles. The Morgan fingerprint density at radius 3 is 3.00 bits per heavy atom. The number of hydrogen-bond donors (Lipinski definition) is 2. The van der Waals surface area contributed by atoms with Crippen molar-refractivity contribution in [1.82, 2.24) is 25.4 Å². The normalized spacial score (nSPS) is 12.4. The van der Waals surface area contributed by atoms with Crippen molar-refractivity contribution in [2.24, 2.45) is 0 Å². The lowest BCUT2D eigenvalue weighted by atomic mass is 10.2. The molecule has 1 heterocycles. The van der Waals surface area contributed by atoms with Crippen LogP contribution < -0.4 is 5.32 Å². The second-order valence-corrected chi connectivity index (χ2v) is 3.87. The fraction of sp³-hybridized carbons (Fsp3) is 0.700. The Hall–Kier alpha value is -1.43. The summed E-state index contributed by atoms with van der Waals surface area (Å²) < 4.78 is 0. The lowest BCUT2D eigenvalue weighted by molar-refractivity contribution is -0.129. The van der Waals surface area contributed by atoms with Crippen LogP contribution >= 0.6 is 0 Å². The van der Waals surface area contributed by atoms with Crippen molar-refractivity contribution in [2.75, 3.05) is 13.6 Å². The van der Waals surface area contributed by atoms with Gasteiger partial charge in [0.05, 0.1) is 13.1 Å². The largest absolute Gasteiger partial charge is 0.337 e. The average Bonchev–Trinajstić information content (AvgIpc) is 2.77. The minimum absolute atomic E-state index is 0.0525. The number of aromatic amines is 1. The van der Waals surface area contributed by atoms with E-state index in [4.69, 9.17) is 0 Å². The SMILES string of the molecule is CCC(C)NCC(=O)N(C)Cc1ncn[nH]1. The van der Waals surface area contributed by atoms with Crippen molar-refractivity contribution in [3.8, 4) is 0 Å². The summed E-state index contributed by atoms with van der Waals surface area (Å²) in [5, 5.41) is 9.61. The first kappa shape index (κ1) is 12.6. The molecule has 0 radical (unpaired) electrons. The van der Waals surface area contributed by atoms with Gasteiger partial charge in [0, 0.05) is 13.1 Å². The second-order valence-electron chi connectivity index (χ2n) is 3.87. The molecule has 0 fully saturated rings. The van der Waals surface area contributed by atoms with Gasteiger partial charge in [0.25, 0.3) is 0 Å². The molecular weight excluding hydrogens is 206 g/mol. The standard InChI is InChI=1S/C10H19N5O/c1-4-8(2)11-5-10(16)15(3)6-9-12-7-13-14-9/h7-8,11H,4-6H2,1-3H3,(H,12,13,14). The van der Waals surface area contributed by atoms with Crippen LogP contribution in [-0.2, 0) is 11.3 Å². The topological polar surface area (TPSA) is 73.9 Å². The third-order valence-corrected chi connectivity index (χ3v) is 2.49. The van der Waals surface area contributed by atoms with Gasteiger partial charge in [-0.05, 0) is 13.3 Å². The molecule has 90 valence electrons. The molecule has 0 saturated carbocycles. The molecular formula is C10H19N5O. The maximum atomic E-state index is 11.7. The molecule has 0 spiro atoms. The van der Waals surface area contributed by atoms with E-state index in [9.17, 15) is 4.79 Å². The molecule has 1 atom stereocenters. The molecule has 1 unspecified atom stereocenters. The van der Waals surface area contributed by atoms with Gasteiger partial charge in [-0.3, -0.25) is 9.89 Å². The summed E-state index contributed by atoms with van der Waals surface area (Å²) in [5.74, 6) is 0.746. The fourth-order valence-corrected chi connectivity index (χ4v) is 1.16. The number of hydrogen-bond acceptors (Lipinski definition) is 4. The molecule has 2 N–H and O–H groups in total. The van der Waals surface area contributed by atoms with Gasteiger partial charge in [-0.2, -0.15) is 5.10 Å². The Kier molecular flexibility index (Phi) is 4.91. The summed E-state index contributed by atoms with van der Waals surface area (Å²) in [4.78, 5) is 17.3. The molecule has 6 heteroatoms. The number of nitrogens with one attached hydrogen (secondary N) is 2. The lowest BCUT2D eigenvalue weighted by Crippen LogP contribution is -2.38. The van der Waals surface area contributed by atoms with E-state index in [1.807, 2.05) is 0 Å². The highest BCUT2D eigenvalue weighted by atomic mass is 16.2. The van der Waals surface area contributed by atoms with E-state index in [1.54, 1.807) is 11.9 Å². The first-order valence-corrected chi connectivity index (χ1v) is 5.45. The Morgan fingerprint density at radius 1 is 1.69 bits per heavy atom. The van der Waals surface area contributed by atoms with E-state index in [2.05, 4.69) is 34.3 Å². The molecule has 0 aliphatic heterocycles. The van der Waals surface area contributed by atoms with Crippen molar-refractivity contribution in [3.63, 3.8) is 0 Å². The van der Waals surface area contributed by atoms with Crippen molar-refractivity contribution >= 4 is 5.91 Å². The summed E-state index contributed by atoms with van der Waals surface area (Å²) in [6.07, 6.45) is 2.45. The highest BCUT2D eigenvalue weighted by Gasteiger charge is 2.11. The highest BCUT2D eigenvalue weighted by Crippen LogP contribution is 1.95. The van der Waals surface area contributed by atoms with Gasteiger partial charge in [0.15, 0.2) is 0 Å². The first-order valence-electron chi connectivity index (χ1n) is 5.45. The number of likely N-dealkylation sites (N-methyl/N-ethyl adjacent to an activating group) is 1. The Bertz CT molecular complexity index is 311. The van der Waals surface area contributed by atoms with Gasteiger partial charge in [-0.15, -0.1) is 0 Å². The van der Waals surface area contributed by atoms with Crippen molar-refractivity contribution < 1.29 is 4.79 Å². The monoisotopic (exact) mass is 225 g/mol. The van der Waals surface area contributed by atoms with Crippen LogP contribution in [0, 0.1) is 0 Å². The fourth-order valence-electron chi connectivity index (χ4n) is 1.16. The number of nitrogens with zero attached hydrogens (tertiary/aromatic N) is 3. The number of amides is 1. The first-order chi connectivity index (χ1) is 7.63. The maximum Gasteiger partial charge on any atom is 0.236 e. The zero-order chi connectivity index (χ0) is 12.0. The quantitative estimate of drug-likeness (QED) is 0.723. The van der Waals surface area contributed by atoms with E-state index >= 15 is 0 Å². The number of carbonyl (C=O) groups is 1. The Labute approximate surface area is 95.4 Å². The predicted molar refractivity (Wildman–Crippen MR) is 60.6 cm³/mol. The number of carbonyl (C=O) groups excluding carboxylic acids is 1. The average molecular weight is 225 g/mol. The van der Waals surface area contributed by atoms with Crippen LogP contribution in [0.4, 0.5) is 0 Å². The molecule has 1 amide bonds. The van der Waals surface area contributed by atoms with E-state index in [0.717, 1.165) is 6.42 Å². The van der Waals surface area contributed by atoms with Crippen LogP contribution in [0.3, 0.4) is 0 Å². The van der Waals surface area contributed by atoms with Crippen LogP contribution in [0.2, 0.25) is 0 Å². The molecule has 1 rings (SSSR count). The van der Waals surface area contributed by atoms with Gasteiger partial charge in [-0.1, -0.05) is 6.92 Å². The van der Waals surface area contributed by atoms with E-state index in [0.29, 0.717) is 25.0 Å². The van der Waals surface area contributed by atoms with Gasteiger partial charge in [-0.25, -0.2) is 4.98 Å². The van der Waals surface area contributed by atoms with Crippen LogP contribution in [-0.4, -0.2) is 45.6 Å². The number of aromatic nitrogens is 3. The molecule has 6 nitrogen and oxygen atoms in total. The van der Waals surface area contributed by atoms with E-state index in [-0.39, 0.29) is 5.91 Å². The maximum absolute atomic E-state index is 11.7. The van der Waals surface area contributed by atoms with Gasteiger partial charge in [0.2, 0.25) is 5.91 Å². The molecule has 1 aromatic rings. The summed E-state index contributed by atoms with van der Waals surface area (Å²) in [5.41, 5.74) is 0. The number of H-pyrrole nitrogens is 1. The van der Waals surface area contributed by atoms with Crippen LogP contribution in [0.15, 0.2) is 6.33 Å². The zero-order valence-corrected chi connectivity index (χ0v) is 10.0. The summed E-state index contributed by atoms with van der Waals surface area (Å²) in [7, 11) is 1.75. The smallest absolute Gasteiger partial charge is 0.236 e. The minimum atomic E-state index is 0.0525. The summed E-state index contributed by atoms with van der Waals surface area (Å²) in [6, 6.07) is 0.364. The minimum Gasteiger partial charge on any atom is -0.337 e. The Balaban J connectivity index is 2.31. The zero-order valence-electron chi connectivity index (χ0n) is 10.0. The van der Waals surface area contributed by atoms with Crippen LogP contribution in [0.1, 0.15) is 26.1 Å². The van der Waals surface area contributed by atoms with Gasteiger partial charge >= 0.3 is 0 Å². The van der Waals surface area contributed by atoms with E-state index in [1.165, 1.54) is 6.33 Å². The Morgan fingerprint density at radius 2 is 2.44 bits per heavy atom. The van der Waals surface area contributed by atoms with Gasteiger partial charge in [0.1, 0.15) is 12.2 Å². The van der Waals surface area contributed by atoms with Crippen molar-refractivity contribution in [3.05, 3.63) is 12.2 Å². The van der Waals surface area contributed by atoms with Crippen LogP contribution in [0.5, 0.6) is 0 Å². The third kappa shape index (κ3) is 3.98. The molecule has 0 aliphatic carbocycles. The highest BCUT2D eigenvalue weighted by molar-refractivity contribution is 5.77. The second kappa shape index (κ2) is 6.22. The van der Waals surface area contributed by atoms with Crippen molar-refractivity contribution in [2.45, 2.75) is 32.9 Å². The third-order valence-electron chi connectivity index (χ3n) is 2.49. The van der Waals surface area contributed by atoms with Crippen molar-refractivity contribution in [1.29, 1.82) is 0 Å². The molecule has 0 bridgehead atoms. The van der Waals surface area contributed by atoms with E-state index < -0.39 is 0 Å². The molecule has 16 heavy (non-hydrogen) atoms. The van der Waals surface area contributed by atoms with Crippen LogP contribution in [0.25, 0.3) is 0 Å². The number of rotatable bonds is 6. The lowest BCUT2D eigenvalue weighted by Gasteiger charge is -2.17. The predicted octanol–water partition coefficient (Wildman–Crippen LogP) is 0.151. The molecule has 1 aromatic heterocycles. The molecule has 0 aliphatic rings. The summed E-state index contributed by atoms with van der Waals surface area (Å²) >= 11 is 0. The molecule has 0 aromatic carbocycles. The van der Waals surface area contributed by atoms with Gasteiger partial charge < -0.3 is 10.2 Å².